The van der Waals surface area contributed by atoms with E-state index in [1.165, 1.54) is 0 Å². The molecule has 0 saturated carbocycles. The molecule has 6 nitrogen and oxygen atoms in total. The van der Waals surface area contributed by atoms with E-state index in [0.717, 1.165) is 41.9 Å². The molecule has 1 saturated heterocycles. The van der Waals surface area contributed by atoms with Crippen molar-refractivity contribution < 1.29 is 9.53 Å². The normalized spacial score (nSPS) is 19.8. The second-order valence-electron chi connectivity index (χ2n) is 7.03. The average Bonchev–Trinajstić information content (AvgIpc) is 3.15. The molecule has 4 rings (SSSR count). The van der Waals surface area contributed by atoms with E-state index in [2.05, 4.69) is 27.1 Å². The number of methoxy groups -OCH3 is 1. The smallest absolute Gasteiger partial charge is 0.251 e. The van der Waals surface area contributed by atoms with Gasteiger partial charge in [-0.25, -0.2) is 4.98 Å². The maximum Gasteiger partial charge on any atom is 0.251 e. The molecule has 2 heterocycles. The molecule has 0 radical (unpaired) electrons. The fourth-order valence-electron chi connectivity index (χ4n) is 3.66. The number of benzene rings is 2. The number of hydrogen-bond acceptors (Lipinski definition) is 5. The highest BCUT2D eigenvalue weighted by Gasteiger charge is 2.33. The molecule has 0 unspecified atom stereocenters. The Bertz CT molecular complexity index is 991. The SMILES string of the molecule is CCN1C[C@H](NC(=O)c2cccc(-c3cnc4ccccc4n3)c2)[C@@H](OC)C1. The molecule has 144 valence electrons. The van der Waals surface area contributed by atoms with Gasteiger partial charge in [-0.2, -0.15) is 0 Å². The van der Waals surface area contributed by atoms with E-state index in [0.29, 0.717) is 5.56 Å². The third-order valence-electron chi connectivity index (χ3n) is 5.28. The Hall–Kier alpha value is -2.83. The highest BCUT2D eigenvalue weighted by atomic mass is 16.5. The third-order valence-corrected chi connectivity index (χ3v) is 5.28. The fraction of sp³-hybridized carbons (Fsp3) is 0.318. The quantitative estimate of drug-likeness (QED) is 0.742. The molecule has 6 heteroatoms. The van der Waals surface area contributed by atoms with Crippen LogP contribution >= 0.6 is 0 Å². The van der Waals surface area contributed by atoms with Gasteiger partial charge in [-0.05, 0) is 30.8 Å². The first-order valence-electron chi connectivity index (χ1n) is 9.56. The molecule has 1 aliphatic heterocycles. The van der Waals surface area contributed by atoms with E-state index in [1.807, 2.05) is 48.5 Å². The molecule has 3 aromatic rings. The van der Waals surface area contributed by atoms with Crippen molar-refractivity contribution in [3.05, 3.63) is 60.3 Å². The highest BCUT2D eigenvalue weighted by Crippen LogP contribution is 2.21. The summed E-state index contributed by atoms with van der Waals surface area (Å²) < 4.78 is 5.55. The summed E-state index contributed by atoms with van der Waals surface area (Å²) in [5.41, 5.74) is 3.92. The zero-order valence-corrected chi connectivity index (χ0v) is 16.1. The van der Waals surface area contributed by atoms with Gasteiger partial charge in [0.2, 0.25) is 0 Å². The number of nitrogens with zero attached hydrogens (tertiary/aromatic N) is 3. The summed E-state index contributed by atoms with van der Waals surface area (Å²) >= 11 is 0. The van der Waals surface area contributed by atoms with Crippen molar-refractivity contribution in [3.63, 3.8) is 0 Å². The third kappa shape index (κ3) is 3.74. The van der Waals surface area contributed by atoms with Crippen LogP contribution in [0.4, 0.5) is 0 Å². The maximum atomic E-state index is 12.8. The topological polar surface area (TPSA) is 67.4 Å². The number of carbonyl (C=O) groups is 1. The summed E-state index contributed by atoms with van der Waals surface area (Å²) in [6, 6.07) is 15.3. The summed E-state index contributed by atoms with van der Waals surface area (Å²) in [4.78, 5) is 24.3. The molecular weight excluding hydrogens is 352 g/mol. The number of ether oxygens (including phenoxy) is 1. The van der Waals surface area contributed by atoms with Crippen LogP contribution in [0.1, 0.15) is 17.3 Å². The number of aromatic nitrogens is 2. The van der Waals surface area contributed by atoms with Gasteiger partial charge in [0, 0.05) is 31.3 Å². The first-order chi connectivity index (χ1) is 13.7. The van der Waals surface area contributed by atoms with Crippen molar-refractivity contribution in [2.45, 2.75) is 19.1 Å². The molecule has 2 aromatic carbocycles. The van der Waals surface area contributed by atoms with Gasteiger partial charge in [-0.15, -0.1) is 0 Å². The molecule has 0 aliphatic carbocycles. The van der Waals surface area contributed by atoms with Gasteiger partial charge in [0.1, 0.15) is 0 Å². The number of rotatable bonds is 5. The van der Waals surface area contributed by atoms with Crippen molar-refractivity contribution in [2.24, 2.45) is 0 Å². The number of amides is 1. The first-order valence-corrected chi connectivity index (χ1v) is 9.56. The number of carbonyl (C=O) groups excluding carboxylic acids is 1. The molecule has 1 aliphatic rings. The van der Waals surface area contributed by atoms with Gasteiger partial charge in [0.15, 0.2) is 0 Å². The zero-order chi connectivity index (χ0) is 19.5. The molecule has 1 fully saturated rings. The van der Waals surface area contributed by atoms with Crippen LogP contribution in [0, 0.1) is 0 Å². The lowest BCUT2D eigenvalue weighted by Crippen LogP contribution is -2.43. The van der Waals surface area contributed by atoms with E-state index >= 15 is 0 Å². The lowest BCUT2D eigenvalue weighted by atomic mass is 10.1. The predicted molar refractivity (Wildman–Crippen MR) is 109 cm³/mol. The summed E-state index contributed by atoms with van der Waals surface area (Å²) in [6.45, 7) is 4.70. The van der Waals surface area contributed by atoms with Crippen molar-refractivity contribution in [1.29, 1.82) is 0 Å². The van der Waals surface area contributed by atoms with E-state index in [1.54, 1.807) is 13.3 Å². The predicted octanol–water partition coefficient (Wildman–Crippen LogP) is 2.75. The number of nitrogens with one attached hydrogen (secondary N) is 1. The Morgan fingerprint density at radius 1 is 1.18 bits per heavy atom. The molecule has 2 atom stereocenters. The van der Waals surface area contributed by atoms with Gasteiger partial charge in [0.05, 0.1) is 35.1 Å². The molecule has 28 heavy (non-hydrogen) atoms. The van der Waals surface area contributed by atoms with E-state index in [4.69, 9.17) is 4.74 Å². The molecule has 1 aromatic heterocycles. The largest absolute Gasteiger partial charge is 0.378 e. The summed E-state index contributed by atoms with van der Waals surface area (Å²) in [5.74, 6) is -0.0967. The van der Waals surface area contributed by atoms with Crippen LogP contribution in [-0.4, -0.2) is 59.7 Å². The van der Waals surface area contributed by atoms with Crippen LogP contribution in [0.5, 0.6) is 0 Å². The summed E-state index contributed by atoms with van der Waals surface area (Å²) in [6.07, 6.45) is 1.76. The Morgan fingerprint density at radius 3 is 2.79 bits per heavy atom. The number of fused-ring (bicyclic) bond motifs is 1. The van der Waals surface area contributed by atoms with Crippen molar-refractivity contribution >= 4 is 16.9 Å². The first kappa shape index (κ1) is 18.5. The number of likely N-dealkylation sites (N-methyl/N-ethyl adjacent to an activating group) is 1. The molecule has 1 N–H and O–H groups in total. The second-order valence-corrected chi connectivity index (χ2v) is 7.03. The van der Waals surface area contributed by atoms with E-state index in [-0.39, 0.29) is 18.1 Å². The second kappa shape index (κ2) is 8.04. The Labute approximate surface area is 164 Å². The fourth-order valence-corrected chi connectivity index (χ4v) is 3.66. The van der Waals surface area contributed by atoms with Gasteiger partial charge < -0.3 is 10.1 Å². The Kier molecular flexibility index (Phi) is 5.32. The van der Waals surface area contributed by atoms with Crippen LogP contribution in [-0.2, 0) is 4.74 Å². The van der Waals surface area contributed by atoms with Crippen LogP contribution in [0.3, 0.4) is 0 Å². The molecule has 0 bridgehead atoms. The van der Waals surface area contributed by atoms with Gasteiger partial charge in [-0.3, -0.25) is 14.7 Å². The minimum Gasteiger partial charge on any atom is -0.378 e. The van der Waals surface area contributed by atoms with Gasteiger partial charge >= 0.3 is 0 Å². The van der Waals surface area contributed by atoms with Crippen LogP contribution < -0.4 is 5.32 Å². The molecule has 0 spiro atoms. The monoisotopic (exact) mass is 376 g/mol. The van der Waals surface area contributed by atoms with Gasteiger partial charge in [0.25, 0.3) is 5.91 Å². The molecule has 1 amide bonds. The standard InChI is InChI=1S/C22H24N4O2/c1-3-26-13-20(21(14-26)28-2)25-22(27)16-8-6-7-15(11-16)19-12-23-17-9-4-5-10-18(17)24-19/h4-12,20-21H,3,13-14H2,1-2H3,(H,25,27)/t20-,21-/m0/s1. The highest BCUT2D eigenvalue weighted by molar-refractivity contribution is 5.95. The number of hydrogen-bond donors (Lipinski definition) is 1. The van der Waals surface area contributed by atoms with Crippen molar-refractivity contribution in [1.82, 2.24) is 20.2 Å². The summed E-state index contributed by atoms with van der Waals surface area (Å²) in [5, 5.41) is 3.13. The van der Waals surface area contributed by atoms with E-state index in [9.17, 15) is 4.79 Å². The Morgan fingerprint density at radius 2 is 2.00 bits per heavy atom. The zero-order valence-electron chi connectivity index (χ0n) is 16.1. The summed E-state index contributed by atoms with van der Waals surface area (Å²) in [7, 11) is 1.70. The number of para-hydroxylation sites is 2. The van der Waals surface area contributed by atoms with Gasteiger partial charge in [-0.1, -0.05) is 31.2 Å². The minimum atomic E-state index is -0.0967. The minimum absolute atomic E-state index is 0.0124. The maximum absolute atomic E-state index is 12.8. The van der Waals surface area contributed by atoms with Crippen molar-refractivity contribution in [2.75, 3.05) is 26.7 Å². The van der Waals surface area contributed by atoms with Crippen LogP contribution in [0.15, 0.2) is 54.7 Å². The average molecular weight is 376 g/mol. The van der Waals surface area contributed by atoms with Crippen LogP contribution in [0.2, 0.25) is 0 Å². The lowest BCUT2D eigenvalue weighted by molar-refractivity contribution is 0.0762. The number of likely N-dealkylation sites (tertiary alicyclic amines) is 1. The lowest BCUT2D eigenvalue weighted by Gasteiger charge is -2.18. The molecular formula is C22H24N4O2. The Balaban J connectivity index is 1.55. The van der Waals surface area contributed by atoms with Crippen LogP contribution in [0.25, 0.3) is 22.3 Å². The van der Waals surface area contributed by atoms with Crippen molar-refractivity contribution in [3.8, 4) is 11.3 Å². The van der Waals surface area contributed by atoms with E-state index < -0.39 is 0 Å².